The number of carbonyl (C=O) groups excluding carboxylic acids is 2. The number of hydrogen-bond donors (Lipinski definition) is 1. The minimum absolute atomic E-state index is 0.0720. The average molecular weight is 353 g/mol. The van der Waals surface area contributed by atoms with Gasteiger partial charge < -0.3 is 5.73 Å². The molecule has 1 aliphatic heterocycles. The molecular formula is C14H7BrF2N2O2. The summed E-state index contributed by atoms with van der Waals surface area (Å²) < 4.78 is 27.4. The summed E-state index contributed by atoms with van der Waals surface area (Å²) in [6.45, 7) is 0. The SMILES string of the molecule is Nc1ccc2c(c1)C(=O)N(c1cc(F)c(Br)cc1F)C2=O. The van der Waals surface area contributed by atoms with Crippen molar-refractivity contribution in [1.82, 2.24) is 0 Å². The van der Waals surface area contributed by atoms with Gasteiger partial charge in [0.05, 0.1) is 21.3 Å². The monoisotopic (exact) mass is 352 g/mol. The van der Waals surface area contributed by atoms with E-state index < -0.39 is 29.1 Å². The Kier molecular flexibility index (Phi) is 3.02. The minimum atomic E-state index is -0.884. The first kappa shape index (κ1) is 13.7. The second-order valence-corrected chi connectivity index (χ2v) is 5.32. The molecule has 2 aromatic rings. The van der Waals surface area contributed by atoms with Crippen LogP contribution in [0.1, 0.15) is 20.7 Å². The van der Waals surface area contributed by atoms with Gasteiger partial charge >= 0.3 is 0 Å². The lowest BCUT2D eigenvalue weighted by atomic mass is 10.1. The molecule has 0 saturated carbocycles. The first-order valence-electron chi connectivity index (χ1n) is 5.83. The van der Waals surface area contributed by atoms with Gasteiger partial charge in [0.25, 0.3) is 11.8 Å². The summed E-state index contributed by atoms with van der Waals surface area (Å²) in [7, 11) is 0. The molecule has 0 fully saturated rings. The molecule has 0 unspecified atom stereocenters. The van der Waals surface area contributed by atoms with Crippen molar-refractivity contribution in [2.24, 2.45) is 0 Å². The normalized spacial score (nSPS) is 13.8. The third-order valence-electron chi connectivity index (χ3n) is 3.14. The van der Waals surface area contributed by atoms with Crippen LogP contribution >= 0.6 is 15.9 Å². The summed E-state index contributed by atoms with van der Waals surface area (Å²) in [5.74, 6) is -3.10. The number of nitrogen functional groups attached to an aromatic ring is 1. The van der Waals surface area contributed by atoms with Crippen molar-refractivity contribution >= 4 is 39.1 Å². The maximum Gasteiger partial charge on any atom is 0.266 e. The maximum absolute atomic E-state index is 14.0. The molecule has 7 heteroatoms. The van der Waals surface area contributed by atoms with Gasteiger partial charge in [0, 0.05) is 11.8 Å². The van der Waals surface area contributed by atoms with E-state index in [0.29, 0.717) is 10.6 Å². The molecule has 0 aliphatic carbocycles. The van der Waals surface area contributed by atoms with Gasteiger partial charge in [0.2, 0.25) is 0 Å². The molecule has 0 atom stereocenters. The van der Waals surface area contributed by atoms with E-state index in [9.17, 15) is 18.4 Å². The predicted octanol–water partition coefficient (Wildman–Crippen LogP) is 3.11. The van der Waals surface area contributed by atoms with E-state index in [2.05, 4.69) is 15.9 Å². The van der Waals surface area contributed by atoms with E-state index in [1.165, 1.54) is 18.2 Å². The molecule has 0 spiro atoms. The number of anilines is 2. The predicted molar refractivity (Wildman–Crippen MR) is 76.1 cm³/mol. The zero-order valence-corrected chi connectivity index (χ0v) is 11.9. The molecule has 0 radical (unpaired) electrons. The Labute approximate surface area is 126 Å². The van der Waals surface area contributed by atoms with Crippen LogP contribution in [0.3, 0.4) is 0 Å². The van der Waals surface area contributed by atoms with Crippen LogP contribution in [-0.2, 0) is 0 Å². The number of nitrogens with zero attached hydrogens (tertiary/aromatic N) is 1. The van der Waals surface area contributed by atoms with Crippen LogP contribution < -0.4 is 10.6 Å². The van der Waals surface area contributed by atoms with E-state index in [-0.39, 0.29) is 15.6 Å². The smallest absolute Gasteiger partial charge is 0.266 e. The summed E-state index contributed by atoms with van der Waals surface area (Å²) >= 11 is 2.84. The Bertz CT molecular complexity index is 808. The van der Waals surface area contributed by atoms with Crippen molar-refractivity contribution in [3.63, 3.8) is 0 Å². The number of hydrogen-bond acceptors (Lipinski definition) is 3. The van der Waals surface area contributed by atoms with E-state index in [4.69, 9.17) is 5.73 Å². The zero-order chi connectivity index (χ0) is 15.3. The van der Waals surface area contributed by atoms with Crippen molar-refractivity contribution in [1.29, 1.82) is 0 Å². The average Bonchev–Trinajstić information content (AvgIpc) is 2.66. The molecule has 0 bridgehead atoms. The molecule has 2 aromatic carbocycles. The number of fused-ring (bicyclic) bond motifs is 1. The maximum atomic E-state index is 14.0. The summed E-state index contributed by atoms with van der Waals surface area (Å²) in [5, 5.41) is 0. The lowest BCUT2D eigenvalue weighted by Gasteiger charge is -2.15. The van der Waals surface area contributed by atoms with Gasteiger partial charge in [0.1, 0.15) is 11.6 Å². The molecule has 2 N–H and O–H groups in total. The topological polar surface area (TPSA) is 63.4 Å². The van der Waals surface area contributed by atoms with Crippen LogP contribution in [0.2, 0.25) is 0 Å². The van der Waals surface area contributed by atoms with Crippen LogP contribution in [-0.4, -0.2) is 11.8 Å². The number of benzene rings is 2. The van der Waals surface area contributed by atoms with Gasteiger partial charge in [-0.3, -0.25) is 9.59 Å². The molecular weight excluding hydrogens is 346 g/mol. The van der Waals surface area contributed by atoms with E-state index >= 15 is 0 Å². The lowest BCUT2D eigenvalue weighted by molar-refractivity contribution is 0.0925. The highest BCUT2D eigenvalue weighted by atomic mass is 79.9. The fraction of sp³-hybridized carbons (Fsp3) is 0. The summed E-state index contributed by atoms with van der Waals surface area (Å²) in [5.41, 5.74) is 5.63. The number of rotatable bonds is 1. The number of nitrogens with two attached hydrogens (primary N) is 1. The van der Waals surface area contributed by atoms with Crippen molar-refractivity contribution in [3.05, 3.63) is 57.6 Å². The number of halogens is 3. The number of amides is 2. The third kappa shape index (κ3) is 2.01. The first-order chi connectivity index (χ1) is 9.90. The van der Waals surface area contributed by atoms with E-state index in [1.807, 2.05) is 0 Å². The van der Waals surface area contributed by atoms with Gasteiger partial charge in [0.15, 0.2) is 0 Å². The van der Waals surface area contributed by atoms with Crippen LogP contribution in [0.15, 0.2) is 34.8 Å². The Hall–Kier alpha value is -2.28. The van der Waals surface area contributed by atoms with Crippen LogP contribution in [0, 0.1) is 11.6 Å². The van der Waals surface area contributed by atoms with Gasteiger partial charge in [-0.25, -0.2) is 13.7 Å². The zero-order valence-electron chi connectivity index (χ0n) is 10.4. The summed E-state index contributed by atoms with van der Waals surface area (Å²) in [6.07, 6.45) is 0. The Morgan fingerprint density at radius 3 is 2.33 bits per heavy atom. The fourth-order valence-electron chi connectivity index (χ4n) is 2.16. The molecule has 1 heterocycles. The second-order valence-electron chi connectivity index (χ2n) is 4.47. The Morgan fingerprint density at radius 1 is 0.952 bits per heavy atom. The highest BCUT2D eigenvalue weighted by molar-refractivity contribution is 9.10. The van der Waals surface area contributed by atoms with Gasteiger partial charge in [-0.05, 0) is 40.2 Å². The van der Waals surface area contributed by atoms with E-state index in [0.717, 1.165) is 12.1 Å². The Morgan fingerprint density at radius 2 is 1.62 bits per heavy atom. The van der Waals surface area contributed by atoms with Crippen molar-refractivity contribution in [2.75, 3.05) is 10.6 Å². The molecule has 3 rings (SSSR count). The molecule has 21 heavy (non-hydrogen) atoms. The molecule has 2 amide bonds. The van der Waals surface area contributed by atoms with Gasteiger partial charge in [-0.2, -0.15) is 0 Å². The van der Waals surface area contributed by atoms with Crippen molar-refractivity contribution in [2.45, 2.75) is 0 Å². The number of carbonyl (C=O) groups is 2. The van der Waals surface area contributed by atoms with Crippen molar-refractivity contribution < 1.29 is 18.4 Å². The second kappa shape index (κ2) is 4.63. The molecule has 0 saturated heterocycles. The third-order valence-corrected chi connectivity index (χ3v) is 3.75. The minimum Gasteiger partial charge on any atom is -0.399 e. The highest BCUT2D eigenvalue weighted by Crippen LogP contribution is 2.33. The molecule has 0 aromatic heterocycles. The fourth-order valence-corrected chi connectivity index (χ4v) is 2.48. The van der Waals surface area contributed by atoms with Crippen LogP contribution in [0.25, 0.3) is 0 Å². The summed E-state index contributed by atoms with van der Waals surface area (Å²) in [4.78, 5) is 25.1. The van der Waals surface area contributed by atoms with E-state index in [1.54, 1.807) is 0 Å². The first-order valence-corrected chi connectivity index (χ1v) is 6.62. The summed E-state index contributed by atoms with van der Waals surface area (Å²) in [6, 6.07) is 5.85. The van der Waals surface area contributed by atoms with Gasteiger partial charge in [-0.1, -0.05) is 0 Å². The largest absolute Gasteiger partial charge is 0.399 e. The Balaban J connectivity index is 2.16. The molecule has 106 valence electrons. The highest BCUT2D eigenvalue weighted by Gasteiger charge is 2.38. The molecule has 4 nitrogen and oxygen atoms in total. The van der Waals surface area contributed by atoms with Gasteiger partial charge in [-0.15, -0.1) is 0 Å². The molecule has 1 aliphatic rings. The van der Waals surface area contributed by atoms with Crippen molar-refractivity contribution in [3.8, 4) is 0 Å². The van der Waals surface area contributed by atoms with Crippen LogP contribution in [0.5, 0.6) is 0 Å². The lowest BCUT2D eigenvalue weighted by Crippen LogP contribution is -2.30. The quantitative estimate of drug-likeness (QED) is 0.487. The van der Waals surface area contributed by atoms with Crippen LogP contribution in [0.4, 0.5) is 20.2 Å². The number of imide groups is 1. The standard InChI is InChI=1S/C14H7BrF2N2O2/c15-9-4-11(17)12(5-10(9)16)19-13(20)7-2-1-6(18)3-8(7)14(19)21/h1-5H,18H2.